The van der Waals surface area contributed by atoms with E-state index in [1.54, 1.807) is 11.3 Å². The Morgan fingerprint density at radius 3 is 2.83 bits per heavy atom. The van der Waals surface area contributed by atoms with Crippen molar-refractivity contribution in [1.82, 2.24) is 30.0 Å². The van der Waals surface area contributed by atoms with E-state index in [9.17, 15) is 0 Å². The Bertz CT molecular complexity index is 834. The molecule has 0 bridgehead atoms. The van der Waals surface area contributed by atoms with Crippen molar-refractivity contribution < 1.29 is 0 Å². The van der Waals surface area contributed by atoms with E-state index in [1.807, 2.05) is 0 Å². The van der Waals surface area contributed by atoms with Gasteiger partial charge in [0.15, 0.2) is 0 Å². The number of hydrogen-bond acceptors (Lipinski definition) is 7. The van der Waals surface area contributed by atoms with Gasteiger partial charge in [-0.1, -0.05) is 0 Å². The molecule has 126 valence electrons. The SMILES string of the molecule is Cc1sc2nc(CN3CCCC3)nc(NCc3ncn[nH]3)c2c1C. The Hall–Kier alpha value is -2.06. The third kappa shape index (κ3) is 2.99. The summed E-state index contributed by atoms with van der Waals surface area (Å²) < 4.78 is 0. The number of rotatable bonds is 5. The first-order valence-electron chi connectivity index (χ1n) is 8.28. The third-order valence-corrected chi connectivity index (χ3v) is 5.63. The van der Waals surface area contributed by atoms with Gasteiger partial charge in [0.1, 0.15) is 28.6 Å². The number of thiophene rings is 1. The molecule has 0 saturated carbocycles. The molecule has 0 atom stereocenters. The van der Waals surface area contributed by atoms with Gasteiger partial charge in [-0.2, -0.15) is 5.10 Å². The summed E-state index contributed by atoms with van der Waals surface area (Å²) in [6, 6.07) is 0. The van der Waals surface area contributed by atoms with Crippen molar-refractivity contribution in [3.8, 4) is 0 Å². The van der Waals surface area contributed by atoms with Gasteiger partial charge in [-0.3, -0.25) is 10.00 Å². The number of H-pyrrole nitrogens is 1. The Kier molecular flexibility index (Phi) is 4.15. The molecule has 24 heavy (non-hydrogen) atoms. The van der Waals surface area contributed by atoms with Gasteiger partial charge in [0, 0.05) is 4.88 Å². The van der Waals surface area contributed by atoms with Crippen molar-refractivity contribution in [3.05, 3.63) is 28.4 Å². The van der Waals surface area contributed by atoms with Crippen molar-refractivity contribution in [2.45, 2.75) is 39.8 Å². The van der Waals surface area contributed by atoms with Crippen molar-refractivity contribution in [3.63, 3.8) is 0 Å². The van der Waals surface area contributed by atoms with Gasteiger partial charge >= 0.3 is 0 Å². The van der Waals surface area contributed by atoms with Crippen LogP contribution in [0, 0.1) is 13.8 Å². The largest absolute Gasteiger partial charge is 0.362 e. The fourth-order valence-corrected chi connectivity index (χ4v) is 4.16. The molecule has 1 aliphatic heterocycles. The fraction of sp³-hybridized carbons (Fsp3) is 0.500. The summed E-state index contributed by atoms with van der Waals surface area (Å²) in [4.78, 5) is 18.6. The highest BCUT2D eigenvalue weighted by Gasteiger charge is 2.18. The number of fused-ring (bicyclic) bond motifs is 1. The minimum Gasteiger partial charge on any atom is -0.362 e. The van der Waals surface area contributed by atoms with Gasteiger partial charge in [0.05, 0.1) is 18.5 Å². The lowest BCUT2D eigenvalue weighted by molar-refractivity contribution is 0.323. The van der Waals surface area contributed by atoms with Crippen molar-refractivity contribution >= 4 is 27.4 Å². The maximum Gasteiger partial charge on any atom is 0.146 e. The number of nitrogens with zero attached hydrogens (tertiary/aromatic N) is 5. The van der Waals surface area contributed by atoms with E-state index in [0.29, 0.717) is 6.54 Å². The second kappa shape index (κ2) is 6.45. The second-order valence-electron chi connectivity index (χ2n) is 6.22. The third-order valence-electron chi connectivity index (χ3n) is 4.53. The molecule has 0 aromatic carbocycles. The molecule has 4 heterocycles. The van der Waals surface area contributed by atoms with Crippen LogP contribution in [-0.4, -0.2) is 43.1 Å². The van der Waals surface area contributed by atoms with Crippen LogP contribution in [-0.2, 0) is 13.1 Å². The molecule has 0 unspecified atom stereocenters. The molecule has 3 aromatic rings. The predicted octanol–water partition coefficient (Wildman–Crippen LogP) is 2.63. The summed E-state index contributed by atoms with van der Waals surface area (Å²) >= 11 is 1.74. The second-order valence-corrected chi connectivity index (χ2v) is 7.42. The van der Waals surface area contributed by atoms with E-state index >= 15 is 0 Å². The van der Waals surface area contributed by atoms with Crippen LogP contribution in [0.5, 0.6) is 0 Å². The molecule has 7 nitrogen and oxygen atoms in total. The molecule has 0 amide bonds. The normalized spacial score (nSPS) is 15.4. The zero-order valence-electron chi connectivity index (χ0n) is 14.0. The van der Waals surface area contributed by atoms with Crippen LogP contribution < -0.4 is 5.32 Å². The predicted molar refractivity (Wildman–Crippen MR) is 95.1 cm³/mol. The minimum absolute atomic E-state index is 0.573. The number of anilines is 1. The Morgan fingerprint density at radius 1 is 1.25 bits per heavy atom. The molecule has 4 rings (SSSR count). The van der Waals surface area contributed by atoms with E-state index in [-0.39, 0.29) is 0 Å². The van der Waals surface area contributed by atoms with Crippen LogP contribution in [0.15, 0.2) is 6.33 Å². The number of aryl methyl sites for hydroxylation is 2. The number of aromatic amines is 1. The first-order valence-corrected chi connectivity index (χ1v) is 9.09. The van der Waals surface area contributed by atoms with Crippen molar-refractivity contribution in [2.75, 3.05) is 18.4 Å². The zero-order chi connectivity index (χ0) is 16.5. The average Bonchev–Trinajstić information content (AvgIpc) is 3.29. The lowest BCUT2D eigenvalue weighted by atomic mass is 10.2. The maximum atomic E-state index is 4.82. The Balaban J connectivity index is 1.67. The van der Waals surface area contributed by atoms with Crippen LogP contribution in [0.1, 0.15) is 34.9 Å². The summed E-state index contributed by atoms with van der Waals surface area (Å²) in [7, 11) is 0. The molecule has 2 N–H and O–H groups in total. The molecule has 1 saturated heterocycles. The summed E-state index contributed by atoms with van der Waals surface area (Å²) in [6.45, 7) is 7.96. The van der Waals surface area contributed by atoms with Gasteiger partial charge in [0.25, 0.3) is 0 Å². The average molecular weight is 343 g/mol. The number of likely N-dealkylation sites (tertiary alicyclic amines) is 1. The van der Waals surface area contributed by atoms with Crippen LogP contribution >= 0.6 is 11.3 Å². The molecule has 3 aromatic heterocycles. The monoisotopic (exact) mass is 343 g/mol. The van der Waals surface area contributed by atoms with Gasteiger partial charge in [-0.25, -0.2) is 15.0 Å². The first kappa shape index (κ1) is 15.5. The molecular weight excluding hydrogens is 322 g/mol. The molecule has 1 aliphatic rings. The van der Waals surface area contributed by atoms with Crippen LogP contribution in [0.4, 0.5) is 5.82 Å². The summed E-state index contributed by atoms with van der Waals surface area (Å²) in [5.74, 6) is 2.59. The zero-order valence-corrected chi connectivity index (χ0v) is 14.8. The lowest BCUT2D eigenvalue weighted by Crippen LogP contribution is -2.20. The quantitative estimate of drug-likeness (QED) is 0.741. The van der Waals surface area contributed by atoms with Gasteiger partial charge < -0.3 is 5.32 Å². The van der Waals surface area contributed by atoms with Crippen LogP contribution in [0.2, 0.25) is 0 Å². The van der Waals surface area contributed by atoms with Crippen LogP contribution in [0.25, 0.3) is 10.2 Å². The number of aromatic nitrogens is 5. The Morgan fingerprint density at radius 2 is 2.08 bits per heavy atom. The van der Waals surface area contributed by atoms with Gasteiger partial charge in [-0.05, 0) is 45.3 Å². The molecule has 0 radical (unpaired) electrons. The summed E-state index contributed by atoms with van der Waals surface area (Å²) in [6.07, 6.45) is 4.07. The summed E-state index contributed by atoms with van der Waals surface area (Å²) in [5, 5.41) is 11.3. The van der Waals surface area contributed by atoms with E-state index in [2.05, 4.69) is 39.2 Å². The van der Waals surface area contributed by atoms with E-state index in [4.69, 9.17) is 9.97 Å². The maximum absolute atomic E-state index is 4.82. The lowest BCUT2D eigenvalue weighted by Gasteiger charge is -2.14. The van der Waals surface area contributed by atoms with Crippen molar-refractivity contribution in [2.24, 2.45) is 0 Å². The van der Waals surface area contributed by atoms with Gasteiger partial charge in [-0.15, -0.1) is 11.3 Å². The molecule has 0 spiro atoms. The highest BCUT2D eigenvalue weighted by molar-refractivity contribution is 7.18. The smallest absolute Gasteiger partial charge is 0.146 e. The summed E-state index contributed by atoms with van der Waals surface area (Å²) in [5.41, 5.74) is 1.25. The highest BCUT2D eigenvalue weighted by atomic mass is 32.1. The fourth-order valence-electron chi connectivity index (χ4n) is 3.12. The minimum atomic E-state index is 0.573. The number of nitrogens with one attached hydrogen (secondary N) is 2. The molecule has 8 heteroatoms. The van der Waals surface area contributed by atoms with Crippen LogP contribution in [0.3, 0.4) is 0 Å². The van der Waals surface area contributed by atoms with Crippen molar-refractivity contribution in [1.29, 1.82) is 0 Å². The standard InChI is InChI=1S/C16H21N7S/c1-10-11(2)24-16-14(10)15(17-7-12-18-9-19-22-12)20-13(21-16)8-23-5-3-4-6-23/h9H,3-8H2,1-2H3,(H,17,20,21)(H,18,19,22). The van der Waals surface area contributed by atoms with E-state index < -0.39 is 0 Å². The molecule has 1 fully saturated rings. The van der Waals surface area contributed by atoms with Gasteiger partial charge in [0.2, 0.25) is 0 Å². The van der Waals surface area contributed by atoms with E-state index in [0.717, 1.165) is 47.3 Å². The molecular formula is C16H21N7S. The Labute approximate surface area is 144 Å². The topological polar surface area (TPSA) is 82.6 Å². The first-order chi connectivity index (χ1) is 11.7. The number of hydrogen-bond donors (Lipinski definition) is 2. The highest BCUT2D eigenvalue weighted by Crippen LogP contribution is 2.33. The van der Waals surface area contributed by atoms with E-state index in [1.165, 1.54) is 29.6 Å². The molecule has 0 aliphatic carbocycles.